The van der Waals surface area contributed by atoms with Gasteiger partial charge in [0.1, 0.15) is 0 Å². The molecule has 3 rings (SSSR count). The van der Waals surface area contributed by atoms with Gasteiger partial charge < -0.3 is 16.0 Å². The van der Waals surface area contributed by atoms with Crippen LogP contribution in [0.4, 0.5) is 0 Å². The van der Waals surface area contributed by atoms with Crippen LogP contribution >= 0.6 is 11.6 Å². The van der Waals surface area contributed by atoms with Gasteiger partial charge in [0.15, 0.2) is 0 Å². The summed E-state index contributed by atoms with van der Waals surface area (Å²) in [6.07, 6.45) is 3.33. The van der Waals surface area contributed by atoms with Crippen LogP contribution in [-0.4, -0.2) is 47.4 Å². The van der Waals surface area contributed by atoms with Gasteiger partial charge in [-0.2, -0.15) is 0 Å². The minimum atomic E-state index is -0.315. The van der Waals surface area contributed by atoms with E-state index in [-0.39, 0.29) is 24.4 Å². The van der Waals surface area contributed by atoms with Crippen LogP contribution in [0.25, 0.3) is 10.9 Å². The molecule has 0 radical (unpaired) electrons. The summed E-state index contributed by atoms with van der Waals surface area (Å²) in [5.41, 5.74) is 6.67. The molecule has 0 atom stereocenters. The average molecular weight is 335 g/mol. The van der Waals surface area contributed by atoms with Crippen LogP contribution in [0.2, 0.25) is 5.02 Å². The Labute approximate surface area is 139 Å². The summed E-state index contributed by atoms with van der Waals surface area (Å²) in [7, 11) is 0. The zero-order chi connectivity index (χ0) is 16.4. The van der Waals surface area contributed by atoms with Crippen LogP contribution in [0.15, 0.2) is 24.4 Å². The Hall–Kier alpha value is -2.05. The summed E-state index contributed by atoms with van der Waals surface area (Å²) in [6.45, 7) is 1.80. The molecular weight excluding hydrogens is 316 g/mol. The molecule has 2 amide bonds. The Morgan fingerprint density at radius 2 is 2.09 bits per heavy atom. The Kier molecular flexibility index (Phi) is 4.54. The smallest absolute Gasteiger partial charge is 0.253 e. The third kappa shape index (κ3) is 3.65. The highest BCUT2D eigenvalue weighted by Crippen LogP contribution is 2.22. The van der Waals surface area contributed by atoms with Crippen LogP contribution in [0.5, 0.6) is 0 Å². The number of nitrogens with one attached hydrogen (secondary N) is 2. The highest BCUT2D eigenvalue weighted by molar-refractivity contribution is 6.31. The molecule has 7 heteroatoms. The molecule has 6 nitrogen and oxygen atoms in total. The Balaban J connectivity index is 1.62. The number of hydrogen-bond acceptors (Lipinski definition) is 3. The van der Waals surface area contributed by atoms with E-state index in [9.17, 15) is 9.59 Å². The second kappa shape index (κ2) is 6.60. The van der Waals surface area contributed by atoms with E-state index < -0.39 is 0 Å². The summed E-state index contributed by atoms with van der Waals surface area (Å²) in [6, 6.07) is 5.54. The van der Waals surface area contributed by atoms with Crippen molar-refractivity contribution in [2.24, 2.45) is 5.73 Å². The molecule has 4 N–H and O–H groups in total. The van der Waals surface area contributed by atoms with Crippen LogP contribution in [0.3, 0.4) is 0 Å². The van der Waals surface area contributed by atoms with Crippen molar-refractivity contribution in [1.29, 1.82) is 0 Å². The van der Waals surface area contributed by atoms with Gasteiger partial charge in [0.2, 0.25) is 5.91 Å². The molecular formula is C16H19ClN4O2. The third-order valence-corrected chi connectivity index (χ3v) is 4.43. The molecule has 0 unspecified atom stereocenters. The number of aromatic nitrogens is 1. The fourth-order valence-electron chi connectivity index (χ4n) is 3.01. The number of H-pyrrole nitrogens is 1. The zero-order valence-corrected chi connectivity index (χ0v) is 13.4. The topological polar surface area (TPSA) is 91.2 Å². The fraction of sp³-hybridized carbons (Fsp3) is 0.375. The van der Waals surface area contributed by atoms with Crippen molar-refractivity contribution >= 4 is 34.3 Å². The number of halogens is 1. The number of nitrogens with zero attached hydrogens (tertiary/aromatic N) is 1. The van der Waals surface area contributed by atoms with Crippen molar-refractivity contribution in [2.45, 2.75) is 18.9 Å². The van der Waals surface area contributed by atoms with Gasteiger partial charge in [-0.1, -0.05) is 17.7 Å². The molecule has 1 fully saturated rings. The number of amides is 2. The molecule has 0 bridgehead atoms. The lowest BCUT2D eigenvalue weighted by molar-refractivity contribution is -0.119. The van der Waals surface area contributed by atoms with Crippen molar-refractivity contribution in [3.05, 3.63) is 35.0 Å². The van der Waals surface area contributed by atoms with Crippen LogP contribution in [0.1, 0.15) is 23.2 Å². The number of piperidine rings is 1. The number of primary amides is 1. The number of carbonyl (C=O) groups is 2. The van der Waals surface area contributed by atoms with E-state index in [1.807, 2.05) is 11.0 Å². The van der Waals surface area contributed by atoms with Crippen molar-refractivity contribution < 1.29 is 9.59 Å². The molecule has 1 aromatic carbocycles. The standard InChI is InChI=1S/C16H19ClN4O2/c17-10-1-2-12-13(8-19-14(12)7-10)16(23)20-11-3-5-21(6-4-11)9-15(18)22/h1-2,7-8,11,19H,3-6,9H2,(H2,18,22)(H,20,23). The molecule has 2 aromatic rings. The lowest BCUT2D eigenvalue weighted by Gasteiger charge is -2.31. The first-order chi connectivity index (χ1) is 11.0. The monoisotopic (exact) mass is 334 g/mol. The quantitative estimate of drug-likeness (QED) is 0.791. The number of nitrogens with two attached hydrogens (primary N) is 1. The number of carbonyl (C=O) groups excluding carboxylic acids is 2. The Morgan fingerprint density at radius 1 is 1.35 bits per heavy atom. The molecule has 2 heterocycles. The maximum Gasteiger partial charge on any atom is 0.253 e. The van der Waals surface area contributed by atoms with Crippen molar-refractivity contribution in [1.82, 2.24) is 15.2 Å². The fourth-order valence-corrected chi connectivity index (χ4v) is 3.18. The average Bonchev–Trinajstić information content (AvgIpc) is 2.91. The van der Waals surface area contributed by atoms with Crippen LogP contribution in [-0.2, 0) is 4.79 Å². The second-order valence-corrected chi connectivity index (χ2v) is 6.32. The maximum absolute atomic E-state index is 12.5. The summed E-state index contributed by atoms with van der Waals surface area (Å²) in [5, 5.41) is 4.56. The molecule has 1 aromatic heterocycles. The normalized spacial score (nSPS) is 16.6. The number of hydrogen-bond donors (Lipinski definition) is 3. The number of fused-ring (bicyclic) bond motifs is 1. The molecule has 0 saturated carbocycles. The summed E-state index contributed by atoms with van der Waals surface area (Å²) in [5.74, 6) is -0.406. The molecule has 23 heavy (non-hydrogen) atoms. The van der Waals surface area contributed by atoms with E-state index in [2.05, 4.69) is 10.3 Å². The highest BCUT2D eigenvalue weighted by Gasteiger charge is 2.22. The van der Waals surface area contributed by atoms with E-state index in [1.54, 1.807) is 18.3 Å². The molecule has 1 saturated heterocycles. The molecule has 1 aliphatic rings. The minimum absolute atomic E-state index is 0.0908. The Morgan fingerprint density at radius 3 is 2.78 bits per heavy atom. The molecule has 0 aliphatic carbocycles. The van der Waals surface area contributed by atoms with Crippen LogP contribution < -0.4 is 11.1 Å². The van der Waals surface area contributed by atoms with E-state index in [0.717, 1.165) is 36.8 Å². The van der Waals surface area contributed by atoms with Crippen molar-refractivity contribution in [2.75, 3.05) is 19.6 Å². The first kappa shape index (κ1) is 15.8. The van der Waals surface area contributed by atoms with Gasteiger partial charge in [-0.15, -0.1) is 0 Å². The van der Waals surface area contributed by atoms with Crippen molar-refractivity contribution in [3.8, 4) is 0 Å². The van der Waals surface area contributed by atoms with Crippen molar-refractivity contribution in [3.63, 3.8) is 0 Å². The van der Waals surface area contributed by atoms with Gasteiger partial charge in [-0.05, 0) is 25.0 Å². The van der Waals surface area contributed by atoms with E-state index in [0.29, 0.717) is 10.6 Å². The van der Waals surface area contributed by atoms with E-state index in [4.69, 9.17) is 17.3 Å². The van der Waals surface area contributed by atoms with Gasteiger partial charge in [0.25, 0.3) is 5.91 Å². The molecule has 122 valence electrons. The minimum Gasteiger partial charge on any atom is -0.369 e. The van der Waals surface area contributed by atoms with Gasteiger partial charge in [-0.25, -0.2) is 0 Å². The maximum atomic E-state index is 12.5. The largest absolute Gasteiger partial charge is 0.369 e. The Bertz CT molecular complexity index is 735. The number of rotatable bonds is 4. The summed E-state index contributed by atoms with van der Waals surface area (Å²) in [4.78, 5) is 28.5. The molecule has 1 aliphatic heterocycles. The second-order valence-electron chi connectivity index (χ2n) is 5.88. The van der Waals surface area contributed by atoms with Crippen LogP contribution in [0, 0.1) is 0 Å². The predicted octanol–water partition coefficient (Wildman–Crippen LogP) is 1.50. The SMILES string of the molecule is NC(=O)CN1CCC(NC(=O)c2c[nH]c3cc(Cl)ccc23)CC1. The first-order valence-corrected chi connectivity index (χ1v) is 7.99. The van der Waals surface area contributed by atoms with Gasteiger partial charge in [0, 0.05) is 41.3 Å². The lowest BCUT2D eigenvalue weighted by atomic mass is 10.0. The van der Waals surface area contributed by atoms with E-state index in [1.165, 1.54) is 0 Å². The highest BCUT2D eigenvalue weighted by atomic mass is 35.5. The summed E-state index contributed by atoms with van der Waals surface area (Å²) < 4.78 is 0. The summed E-state index contributed by atoms with van der Waals surface area (Å²) >= 11 is 5.95. The lowest BCUT2D eigenvalue weighted by Crippen LogP contribution is -2.46. The number of likely N-dealkylation sites (tertiary alicyclic amines) is 1. The van der Waals surface area contributed by atoms with Gasteiger partial charge in [-0.3, -0.25) is 14.5 Å². The number of aromatic amines is 1. The predicted molar refractivity (Wildman–Crippen MR) is 89.4 cm³/mol. The van der Waals surface area contributed by atoms with Gasteiger partial charge in [0.05, 0.1) is 12.1 Å². The third-order valence-electron chi connectivity index (χ3n) is 4.19. The zero-order valence-electron chi connectivity index (χ0n) is 12.6. The molecule has 0 spiro atoms. The first-order valence-electron chi connectivity index (χ1n) is 7.61. The number of benzene rings is 1. The van der Waals surface area contributed by atoms with Gasteiger partial charge >= 0.3 is 0 Å². The van der Waals surface area contributed by atoms with E-state index >= 15 is 0 Å².